The molecule has 19 heteroatoms. The van der Waals surface area contributed by atoms with Crippen LogP contribution in [0.5, 0.6) is 5.75 Å². The first-order valence-electron chi connectivity index (χ1n) is 18.2. The summed E-state index contributed by atoms with van der Waals surface area (Å²) < 4.78 is 0. The molecule has 0 heterocycles. The second kappa shape index (κ2) is 22.5. The zero-order valence-corrected chi connectivity index (χ0v) is 31.7. The number of rotatable bonds is 22. The van der Waals surface area contributed by atoms with Crippen LogP contribution >= 0.6 is 0 Å². The van der Waals surface area contributed by atoms with E-state index in [1.165, 1.54) is 19.1 Å². The smallest absolute Gasteiger partial charge is 0.243 e. The molecule has 0 aliphatic heterocycles. The highest BCUT2D eigenvalue weighted by atomic mass is 16.3. The Bertz CT molecular complexity index is 1930. The fourth-order valence-electron chi connectivity index (χ4n) is 5.78. The Labute approximate surface area is 329 Å². The first-order chi connectivity index (χ1) is 27.1. The van der Waals surface area contributed by atoms with Gasteiger partial charge in [-0.05, 0) is 59.7 Å². The second-order valence-corrected chi connectivity index (χ2v) is 13.3. The van der Waals surface area contributed by atoms with Crippen LogP contribution in [0.4, 0.5) is 0 Å². The molecule has 0 spiro atoms. The molecule has 0 aliphatic carbocycles. The number of carbonyl (C=O) groups excluding carboxylic acids is 6. The number of nitrogens with one attached hydrogen (secondary N) is 5. The van der Waals surface area contributed by atoms with Crippen molar-refractivity contribution in [2.24, 2.45) is 38.7 Å². The molecule has 3 rings (SSSR count). The van der Waals surface area contributed by atoms with Crippen LogP contribution in [0.2, 0.25) is 0 Å². The van der Waals surface area contributed by atoms with Crippen molar-refractivity contribution in [2.75, 3.05) is 19.6 Å². The molecule has 0 aliphatic rings. The number of phenols is 1. The number of nitrogens with two attached hydrogens (primary N) is 5. The van der Waals surface area contributed by atoms with Crippen molar-refractivity contribution in [3.8, 4) is 5.75 Å². The van der Waals surface area contributed by atoms with Crippen LogP contribution in [0.1, 0.15) is 43.7 Å². The zero-order valence-electron chi connectivity index (χ0n) is 31.7. The predicted octanol–water partition coefficient (Wildman–Crippen LogP) is -2.00. The van der Waals surface area contributed by atoms with Crippen molar-refractivity contribution in [2.45, 2.75) is 69.6 Å². The summed E-state index contributed by atoms with van der Waals surface area (Å²) in [5, 5.41) is 24.7. The molecule has 3 aromatic carbocycles. The number of aromatic hydroxyl groups is 1. The summed E-state index contributed by atoms with van der Waals surface area (Å²) in [6.45, 7) is 1.01. The topological polar surface area (TPSA) is 338 Å². The lowest BCUT2D eigenvalue weighted by atomic mass is 10.0. The summed E-state index contributed by atoms with van der Waals surface area (Å²) in [5.41, 5.74) is 28.4. The van der Waals surface area contributed by atoms with Gasteiger partial charge in [-0.1, -0.05) is 54.6 Å². The minimum absolute atomic E-state index is 0.0194. The van der Waals surface area contributed by atoms with Crippen molar-refractivity contribution < 1.29 is 33.9 Å². The van der Waals surface area contributed by atoms with Gasteiger partial charge < -0.3 is 60.4 Å². The third kappa shape index (κ3) is 16.1. The number of carbonyl (C=O) groups is 6. The predicted molar refractivity (Wildman–Crippen MR) is 215 cm³/mol. The number of aliphatic imine (C=N–C) groups is 2. The SMILES string of the molecule is CC(=O)N[C@@H](Cc1ccc2ccccc2c1)C(=O)NCC(=O)N[C@H](Cc1ccc(O)cc1)C(=O)N[C@H](CCCN=C(N)N)C(=O)N[C@@H](CCCN=C(N)N)C(N)=O. The lowest BCUT2D eigenvalue weighted by Gasteiger charge is -2.25. The van der Waals surface area contributed by atoms with Gasteiger partial charge in [0, 0.05) is 32.9 Å². The van der Waals surface area contributed by atoms with Crippen LogP contribution in [0, 0.1) is 0 Å². The third-order valence-corrected chi connectivity index (χ3v) is 8.58. The Morgan fingerprint density at radius 2 is 1.14 bits per heavy atom. The summed E-state index contributed by atoms with van der Waals surface area (Å²) in [5.74, 6) is -4.51. The van der Waals surface area contributed by atoms with E-state index in [4.69, 9.17) is 28.7 Å². The fourth-order valence-corrected chi connectivity index (χ4v) is 5.78. The summed E-state index contributed by atoms with van der Waals surface area (Å²) in [6, 6.07) is 14.6. The molecule has 0 radical (unpaired) electrons. The van der Waals surface area contributed by atoms with Crippen molar-refractivity contribution in [1.29, 1.82) is 0 Å². The normalized spacial score (nSPS) is 12.8. The number of amides is 6. The highest BCUT2D eigenvalue weighted by Crippen LogP contribution is 2.17. The standard InChI is InChI=1S/C38H52N12O7/c1-22(51)47-30(20-24-10-13-25-6-2-3-7-26(25)18-24)34(55)46-21-32(53)48-31(19-23-11-14-27(52)15-12-23)36(57)50-29(9-5-17-45-38(42)43)35(56)49-28(33(39)54)8-4-16-44-37(40)41/h2-3,6-7,10-15,18,28-31,52H,4-5,8-9,16-17,19-21H2,1H3,(H2,39,54)(H,46,55)(H,47,51)(H,48,53)(H,49,56)(H,50,57)(H4,40,41,44)(H4,42,43,45)/t28-,29+,30-,31+/m0/s1. The molecule has 19 nitrogen and oxygen atoms in total. The number of benzene rings is 3. The van der Waals surface area contributed by atoms with Gasteiger partial charge in [0.25, 0.3) is 0 Å². The second-order valence-electron chi connectivity index (χ2n) is 13.3. The van der Waals surface area contributed by atoms with Gasteiger partial charge >= 0.3 is 0 Å². The van der Waals surface area contributed by atoms with Crippen LogP contribution in [-0.2, 0) is 41.6 Å². The molecule has 4 atom stereocenters. The first kappa shape index (κ1) is 44.5. The summed E-state index contributed by atoms with van der Waals surface area (Å²) >= 11 is 0. The van der Waals surface area contributed by atoms with E-state index in [1.807, 2.05) is 42.5 Å². The van der Waals surface area contributed by atoms with E-state index in [-0.39, 0.29) is 62.9 Å². The highest BCUT2D eigenvalue weighted by Gasteiger charge is 2.30. The van der Waals surface area contributed by atoms with E-state index in [0.29, 0.717) is 12.0 Å². The fraction of sp³-hybridized carbons (Fsp3) is 0.368. The van der Waals surface area contributed by atoms with E-state index in [2.05, 4.69) is 36.6 Å². The van der Waals surface area contributed by atoms with Crippen molar-refractivity contribution >= 4 is 58.1 Å². The van der Waals surface area contributed by atoms with Gasteiger partial charge in [0.2, 0.25) is 35.4 Å². The van der Waals surface area contributed by atoms with E-state index in [1.54, 1.807) is 12.1 Å². The molecule has 0 saturated heterocycles. The van der Waals surface area contributed by atoms with Gasteiger partial charge in [0.05, 0.1) is 6.54 Å². The molecule has 0 fully saturated rings. The molecule has 57 heavy (non-hydrogen) atoms. The van der Waals surface area contributed by atoms with Gasteiger partial charge in [-0.2, -0.15) is 0 Å². The first-order valence-corrected chi connectivity index (χ1v) is 18.2. The number of hydrogen-bond donors (Lipinski definition) is 11. The van der Waals surface area contributed by atoms with Crippen LogP contribution in [0.25, 0.3) is 10.8 Å². The lowest BCUT2D eigenvalue weighted by Crippen LogP contribution is -2.57. The van der Waals surface area contributed by atoms with E-state index < -0.39 is 66.2 Å². The molecule has 306 valence electrons. The minimum Gasteiger partial charge on any atom is -0.508 e. The Balaban J connectivity index is 1.76. The average molecular weight is 789 g/mol. The summed E-state index contributed by atoms with van der Waals surface area (Å²) in [4.78, 5) is 86.0. The van der Waals surface area contributed by atoms with Crippen LogP contribution in [-0.4, -0.2) is 96.3 Å². The lowest BCUT2D eigenvalue weighted by molar-refractivity contribution is -0.133. The van der Waals surface area contributed by atoms with Crippen molar-refractivity contribution in [1.82, 2.24) is 26.6 Å². The molecule has 0 unspecified atom stereocenters. The number of guanidine groups is 2. The van der Waals surface area contributed by atoms with Gasteiger partial charge in [-0.15, -0.1) is 0 Å². The number of hydrogen-bond acceptors (Lipinski definition) is 9. The van der Waals surface area contributed by atoms with Crippen LogP contribution in [0.3, 0.4) is 0 Å². The van der Waals surface area contributed by atoms with Gasteiger partial charge in [0.15, 0.2) is 11.9 Å². The van der Waals surface area contributed by atoms with Gasteiger partial charge in [0.1, 0.15) is 29.9 Å². The molecule has 6 amide bonds. The van der Waals surface area contributed by atoms with Crippen molar-refractivity contribution in [3.63, 3.8) is 0 Å². The quantitative estimate of drug-likeness (QED) is 0.0300. The average Bonchev–Trinajstić information content (AvgIpc) is 3.15. The number of phenolic OH excluding ortho intramolecular Hbond substituents is 1. The molecule has 0 bridgehead atoms. The summed E-state index contributed by atoms with van der Waals surface area (Å²) in [6.07, 6.45) is 0.716. The highest BCUT2D eigenvalue weighted by molar-refractivity contribution is 5.95. The Kier molecular flexibility index (Phi) is 17.5. The largest absolute Gasteiger partial charge is 0.508 e. The molecule has 3 aromatic rings. The van der Waals surface area contributed by atoms with Crippen LogP contribution < -0.4 is 55.3 Å². The van der Waals surface area contributed by atoms with E-state index >= 15 is 0 Å². The maximum absolute atomic E-state index is 13.9. The third-order valence-electron chi connectivity index (χ3n) is 8.58. The number of fused-ring (bicyclic) bond motifs is 1. The Morgan fingerprint density at radius 3 is 1.74 bits per heavy atom. The Morgan fingerprint density at radius 1 is 0.614 bits per heavy atom. The monoisotopic (exact) mass is 788 g/mol. The van der Waals surface area contributed by atoms with Gasteiger partial charge in [-0.25, -0.2) is 0 Å². The number of primary amides is 1. The minimum atomic E-state index is -1.29. The molecular weight excluding hydrogens is 736 g/mol. The molecule has 0 saturated carbocycles. The van der Waals surface area contributed by atoms with E-state index in [9.17, 15) is 33.9 Å². The molecule has 16 N–H and O–H groups in total. The number of nitrogens with zero attached hydrogens (tertiary/aromatic N) is 2. The summed E-state index contributed by atoms with van der Waals surface area (Å²) in [7, 11) is 0. The zero-order chi connectivity index (χ0) is 41.9. The molecule has 0 aromatic heterocycles. The van der Waals surface area contributed by atoms with E-state index in [0.717, 1.165) is 16.3 Å². The van der Waals surface area contributed by atoms with Crippen LogP contribution in [0.15, 0.2) is 76.7 Å². The Hall–Kier alpha value is -6.92. The molecular formula is C38H52N12O7. The maximum atomic E-state index is 13.9. The maximum Gasteiger partial charge on any atom is 0.243 e. The van der Waals surface area contributed by atoms with Gasteiger partial charge in [-0.3, -0.25) is 38.8 Å². The van der Waals surface area contributed by atoms with Crippen molar-refractivity contribution in [3.05, 3.63) is 77.9 Å².